The van der Waals surface area contributed by atoms with Crippen LogP contribution in [0.3, 0.4) is 0 Å². The Morgan fingerprint density at radius 2 is 1.50 bits per heavy atom. The maximum absolute atomic E-state index is 13.6. The Morgan fingerprint density at radius 1 is 0.932 bits per heavy atom. The summed E-state index contributed by atoms with van der Waals surface area (Å²) in [6.45, 7) is 9.75. The first-order valence-electron chi connectivity index (χ1n) is 13.8. The van der Waals surface area contributed by atoms with Crippen molar-refractivity contribution in [3.05, 3.63) is 53.6 Å². The maximum atomic E-state index is 13.6. The van der Waals surface area contributed by atoms with E-state index in [1.807, 2.05) is 30.3 Å². The van der Waals surface area contributed by atoms with E-state index in [4.69, 9.17) is 14.2 Å². The largest absolute Gasteiger partial charge is 0.497 e. The first kappa shape index (κ1) is 34.2. The fraction of sp³-hybridized carbons (Fsp3) is 0.433. The molecular weight excluding hydrogens is 590 g/mol. The summed E-state index contributed by atoms with van der Waals surface area (Å²) in [5, 5.41) is 13.5. The molecule has 14 heteroatoms. The fourth-order valence-electron chi connectivity index (χ4n) is 4.00. The SMILES string of the molecule is COc1ccc(CC2Sc3ccc(CN=C(NC(=O)OC(C)(C)C)NC(=O)OC(C)(C)C)cc3N(CC(=O)NO)C2=O)cc1. The molecule has 3 rings (SSSR count). The number of amides is 4. The highest BCUT2D eigenvalue weighted by molar-refractivity contribution is 8.01. The number of aliphatic imine (C=N–C) groups is 1. The van der Waals surface area contributed by atoms with Gasteiger partial charge in [0, 0.05) is 4.90 Å². The molecule has 0 radical (unpaired) electrons. The van der Waals surface area contributed by atoms with Crippen molar-refractivity contribution in [2.24, 2.45) is 4.99 Å². The summed E-state index contributed by atoms with van der Waals surface area (Å²) < 4.78 is 15.8. The van der Waals surface area contributed by atoms with Crippen LogP contribution in [0.25, 0.3) is 0 Å². The topological polar surface area (TPSA) is 168 Å². The number of nitrogens with zero attached hydrogens (tertiary/aromatic N) is 2. The average molecular weight is 630 g/mol. The van der Waals surface area contributed by atoms with Gasteiger partial charge in [-0.05, 0) is 83.4 Å². The van der Waals surface area contributed by atoms with Crippen LogP contribution in [0.15, 0.2) is 52.4 Å². The minimum atomic E-state index is -0.830. The number of alkyl carbamates (subject to hydrolysis) is 2. The molecule has 0 spiro atoms. The zero-order valence-corrected chi connectivity index (χ0v) is 26.7. The van der Waals surface area contributed by atoms with Gasteiger partial charge in [-0.3, -0.25) is 25.4 Å². The molecule has 44 heavy (non-hydrogen) atoms. The van der Waals surface area contributed by atoms with Gasteiger partial charge >= 0.3 is 12.2 Å². The number of hydroxylamine groups is 1. The lowest BCUT2D eigenvalue weighted by Crippen LogP contribution is -2.47. The standard InChI is InChI=1S/C30H39N5O8S/c1-29(2,3)42-27(38)32-26(33-28(39)43-30(4,5)6)31-16-19-10-13-22-21(14-19)35(17-24(36)34-40)25(37)23(44-22)15-18-8-11-20(41-7)12-9-18/h8-14,23,40H,15-17H2,1-7H3,(H,34,36)(H2,31,32,33,38,39). The smallest absolute Gasteiger partial charge is 0.414 e. The molecular formula is C30H39N5O8S. The number of hydrogen-bond acceptors (Lipinski definition) is 10. The molecule has 2 aromatic rings. The Kier molecular flexibility index (Phi) is 11.2. The number of carbonyl (C=O) groups is 4. The van der Waals surface area contributed by atoms with Gasteiger partial charge in [-0.15, -0.1) is 11.8 Å². The second kappa shape index (κ2) is 14.4. The molecule has 0 bridgehead atoms. The van der Waals surface area contributed by atoms with Crippen molar-refractivity contribution in [3.63, 3.8) is 0 Å². The number of methoxy groups -OCH3 is 1. The molecule has 1 unspecified atom stereocenters. The summed E-state index contributed by atoms with van der Waals surface area (Å²) >= 11 is 1.37. The first-order chi connectivity index (χ1) is 20.6. The van der Waals surface area contributed by atoms with E-state index in [9.17, 15) is 24.4 Å². The Morgan fingerprint density at radius 3 is 2.02 bits per heavy atom. The van der Waals surface area contributed by atoms with Gasteiger partial charge in [-0.25, -0.2) is 20.1 Å². The normalized spacial score (nSPS) is 14.6. The van der Waals surface area contributed by atoms with E-state index in [0.717, 1.165) is 10.5 Å². The Hall–Kier alpha value is -4.30. The molecule has 0 saturated carbocycles. The average Bonchev–Trinajstić information content (AvgIpc) is 2.92. The van der Waals surface area contributed by atoms with Gasteiger partial charge < -0.3 is 19.1 Å². The second-order valence-electron chi connectivity index (χ2n) is 11.8. The highest BCUT2D eigenvalue weighted by Crippen LogP contribution is 2.41. The molecule has 0 fully saturated rings. The Labute approximate surface area is 260 Å². The van der Waals surface area contributed by atoms with Gasteiger partial charge in [0.2, 0.25) is 11.9 Å². The second-order valence-corrected chi connectivity index (χ2v) is 13.1. The Bertz CT molecular complexity index is 1370. The molecule has 4 N–H and O–H groups in total. The number of carbonyl (C=O) groups excluding carboxylic acids is 4. The monoisotopic (exact) mass is 629 g/mol. The number of thioether (sulfide) groups is 1. The van der Waals surface area contributed by atoms with E-state index in [1.165, 1.54) is 16.7 Å². The predicted octanol–water partition coefficient (Wildman–Crippen LogP) is 4.16. The maximum Gasteiger partial charge on any atom is 0.414 e. The van der Waals surface area contributed by atoms with Crippen molar-refractivity contribution in [2.45, 2.75) is 75.9 Å². The molecule has 1 heterocycles. The summed E-state index contributed by atoms with van der Waals surface area (Å²) in [5.41, 5.74) is 1.98. The minimum absolute atomic E-state index is 0.0254. The zero-order valence-electron chi connectivity index (χ0n) is 25.8. The summed E-state index contributed by atoms with van der Waals surface area (Å²) in [5.74, 6) is -0.564. The van der Waals surface area contributed by atoms with Crippen LogP contribution in [-0.2, 0) is 32.0 Å². The molecule has 0 saturated heterocycles. The third-order valence-corrected chi connectivity index (χ3v) is 7.04. The number of guanidine groups is 1. The van der Waals surface area contributed by atoms with E-state index >= 15 is 0 Å². The van der Waals surface area contributed by atoms with Crippen molar-refractivity contribution >= 4 is 47.4 Å². The van der Waals surface area contributed by atoms with Crippen LogP contribution >= 0.6 is 11.8 Å². The van der Waals surface area contributed by atoms with Crippen LogP contribution in [0, 0.1) is 0 Å². The number of fused-ring (bicyclic) bond motifs is 1. The van der Waals surface area contributed by atoms with E-state index in [1.54, 1.807) is 66.3 Å². The molecule has 0 aliphatic carbocycles. The van der Waals surface area contributed by atoms with Crippen molar-refractivity contribution in [1.29, 1.82) is 0 Å². The van der Waals surface area contributed by atoms with Crippen molar-refractivity contribution in [2.75, 3.05) is 18.6 Å². The number of ether oxygens (including phenoxy) is 3. The van der Waals surface area contributed by atoms with Crippen molar-refractivity contribution < 1.29 is 38.6 Å². The van der Waals surface area contributed by atoms with Crippen LogP contribution in [0.5, 0.6) is 5.75 Å². The summed E-state index contributed by atoms with van der Waals surface area (Å²) in [6.07, 6.45) is -1.25. The summed E-state index contributed by atoms with van der Waals surface area (Å²) in [4.78, 5) is 57.0. The number of benzene rings is 2. The Balaban J connectivity index is 1.88. The highest BCUT2D eigenvalue weighted by Gasteiger charge is 2.35. The van der Waals surface area contributed by atoms with Gasteiger partial charge in [0.05, 0.1) is 24.6 Å². The van der Waals surface area contributed by atoms with Crippen LogP contribution in [0.2, 0.25) is 0 Å². The lowest BCUT2D eigenvalue weighted by Gasteiger charge is -2.33. The fourth-order valence-corrected chi connectivity index (χ4v) is 5.24. The molecule has 13 nitrogen and oxygen atoms in total. The number of anilines is 1. The first-order valence-corrected chi connectivity index (χ1v) is 14.7. The molecule has 0 aromatic heterocycles. The highest BCUT2D eigenvalue weighted by atomic mass is 32.2. The van der Waals surface area contributed by atoms with Crippen molar-refractivity contribution in [1.82, 2.24) is 16.1 Å². The van der Waals surface area contributed by atoms with Gasteiger partial charge in [0.15, 0.2) is 0 Å². The predicted molar refractivity (Wildman–Crippen MR) is 165 cm³/mol. The molecule has 1 aliphatic rings. The lowest BCUT2D eigenvalue weighted by atomic mass is 10.1. The molecule has 2 aromatic carbocycles. The molecule has 1 atom stereocenters. The van der Waals surface area contributed by atoms with E-state index in [0.29, 0.717) is 23.4 Å². The quantitative estimate of drug-likeness (QED) is 0.152. The third kappa shape index (κ3) is 10.5. The van der Waals surface area contributed by atoms with Crippen LogP contribution in [-0.4, -0.2) is 65.3 Å². The number of nitrogens with one attached hydrogen (secondary N) is 3. The molecule has 1 aliphatic heterocycles. The van der Waals surface area contributed by atoms with Crippen molar-refractivity contribution in [3.8, 4) is 5.75 Å². The van der Waals surface area contributed by atoms with Crippen LogP contribution < -0.4 is 25.8 Å². The van der Waals surface area contributed by atoms with E-state index < -0.39 is 41.1 Å². The minimum Gasteiger partial charge on any atom is -0.497 e. The van der Waals surface area contributed by atoms with Gasteiger partial charge in [-0.2, -0.15) is 0 Å². The van der Waals surface area contributed by atoms with Gasteiger partial charge in [-0.1, -0.05) is 18.2 Å². The van der Waals surface area contributed by atoms with Crippen LogP contribution in [0.1, 0.15) is 52.7 Å². The molecule has 4 amide bonds. The van der Waals surface area contributed by atoms with E-state index in [-0.39, 0.29) is 18.4 Å². The van der Waals surface area contributed by atoms with Crippen LogP contribution in [0.4, 0.5) is 15.3 Å². The number of rotatable bonds is 7. The molecule has 238 valence electrons. The third-order valence-electron chi connectivity index (χ3n) is 5.79. The summed E-state index contributed by atoms with van der Waals surface area (Å²) in [6, 6.07) is 12.7. The summed E-state index contributed by atoms with van der Waals surface area (Å²) in [7, 11) is 1.58. The zero-order chi connectivity index (χ0) is 32.7. The van der Waals surface area contributed by atoms with E-state index in [2.05, 4.69) is 15.6 Å². The van der Waals surface area contributed by atoms with Gasteiger partial charge in [0.1, 0.15) is 23.5 Å². The lowest BCUT2D eigenvalue weighted by molar-refractivity contribution is -0.129. The number of hydrogen-bond donors (Lipinski definition) is 4. The van der Waals surface area contributed by atoms with Gasteiger partial charge in [0.25, 0.3) is 5.91 Å².